The fourth-order valence-corrected chi connectivity index (χ4v) is 1.24. The fourth-order valence-electron chi connectivity index (χ4n) is 1.24. The number of para-hydroxylation sites is 1. The quantitative estimate of drug-likeness (QED) is 0.612. The minimum absolute atomic E-state index is 0.178. The first kappa shape index (κ1) is 12.3. The predicted molar refractivity (Wildman–Crippen MR) is 62.3 cm³/mol. The number of anilines is 1. The van der Waals surface area contributed by atoms with E-state index in [0.29, 0.717) is 19.3 Å². The van der Waals surface area contributed by atoms with Gasteiger partial charge in [0, 0.05) is 12.8 Å². The molecule has 0 aliphatic heterocycles. The van der Waals surface area contributed by atoms with Gasteiger partial charge in [-0.05, 0) is 25.5 Å². The average molecular weight is 219 g/mol. The highest BCUT2D eigenvalue weighted by Gasteiger charge is 2.04. The summed E-state index contributed by atoms with van der Waals surface area (Å²) < 4.78 is 13.2. The lowest BCUT2D eigenvalue weighted by Gasteiger charge is -2.04. The molecule has 84 valence electrons. The second kappa shape index (κ2) is 6.62. The van der Waals surface area contributed by atoms with Gasteiger partial charge in [-0.15, -0.1) is 11.8 Å². The molecular weight excluding hydrogens is 205 g/mol. The molecule has 0 aliphatic carbocycles. The fraction of sp³-hybridized carbons (Fsp3) is 0.308. The lowest BCUT2D eigenvalue weighted by Crippen LogP contribution is -2.12. The maximum Gasteiger partial charge on any atom is 0.224 e. The number of hydrogen-bond acceptors (Lipinski definition) is 1. The van der Waals surface area contributed by atoms with Crippen LogP contribution >= 0.6 is 0 Å². The summed E-state index contributed by atoms with van der Waals surface area (Å²) in [4.78, 5) is 11.4. The molecule has 0 saturated heterocycles. The molecule has 0 bridgehead atoms. The molecule has 0 aliphatic rings. The Bertz CT molecular complexity index is 417. The van der Waals surface area contributed by atoms with E-state index in [1.807, 2.05) is 0 Å². The molecule has 1 amide bonds. The third-order valence-electron chi connectivity index (χ3n) is 2.03. The minimum Gasteiger partial charge on any atom is -0.324 e. The number of nitrogens with one attached hydrogen (secondary N) is 1. The van der Waals surface area contributed by atoms with E-state index in [2.05, 4.69) is 17.2 Å². The molecule has 0 spiro atoms. The van der Waals surface area contributed by atoms with Gasteiger partial charge in [-0.1, -0.05) is 12.1 Å². The molecule has 2 nitrogen and oxygen atoms in total. The van der Waals surface area contributed by atoms with Crippen molar-refractivity contribution in [2.24, 2.45) is 0 Å². The Balaban J connectivity index is 2.39. The zero-order chi connectivity index (χ0) is 11.8. The molecule has 0 aromatic heterocycles. The number of hydrogen-bond donors (Lipinski definition) is 1. The highest BCUT2D eigenvalue weighted by molar-refractivity contribution is 5.90. The topological polar surface area (TPSA) is 29.1 Å². The van der Waals surface area contributed by atoms with Crippen molar-refractivity contribution in [3.8, 4) is 11.8 Å². The maximum atomic E-state index is 13.2. The van der Waals surface area contributed by atoms with Gasteiger partial charge in [0.15, 0.2) is 0 Å². The molecule has 1 N–H and O–H groups in total. The molecule has 0 atom stereocenters. The van der Waals surface area contributed by atoms with Crippen LogP contribution in [0.3, 0.4) is 0 Å². The van der Waals surface area contributed by atoms with E-state index in [-0.39, 0.29) is 11.6 Å². The minimum atomic E-state index is -0.413. The number of amides is 1. The van der Waals surface area contributed by atoms with Crippen molar-refractivity contribution in [3.63, 3.8) is 0 Å². The van der Waals surface area contributed by atoms with Crippen LogP contribution in [0.25, 0.3) is 0 Å². The Labute approximate surface area is 94.9 Å². The number of halogens is 1. The van der Waals surface area contributed by atoms with Crippen LogP contribution < -0.4 is 5.32 Å². The zero-order valence-corrected chi connectivity index (χ0v) is 9.22. The van der Waals surface area contributed by atoms with Gasteiger partial charge in [0.2, 0.25) is 5.91 Å². The SMILES string of the molecule is CC#CCCCC(=O)Nc1ccccc1F. The van der Waals surface area contributed by atoms with Gasteiger partial charge in [-0.25, -0.2) is 4.39 Å². The summed E-state index contributed by atoms with van der Waals surface area (Å²) in [6.45, 7) is 1.76. The van der Waals surface area contributed by atoms with Gasteiger partial charge >= 0.3 is 0 Å². The normalized spacial score (nSPS) is 9.12. The summed E-state index contributed by atoms with van der Waals surface area (Å²) in [5.74, 6) is 5.04. The van der Waals surface area contributed by atoms with Crippen LogP contribution in [-0.2, 0) is 4.79 Å². The monoisotopic (exact) mass is 219 g/mol. The standard InChI is InChI=1S/C13H14FNO/c1-2-3-4-5-10-13(16)15-12-9-7-6-8-11(12)14/h6-9H,4-5,10H2,1H3,(H,15,16). The van der Waals surface area contributed by atoms with Crippen molar-refractivity contribution >= 4 is 11.6 Å². The molecule has 0 saturated carbocycles. The van der Waals surface area contributed by atoms with E-state index in [1.54, 1.807) is 25.1 Å². The molecule has 0 fully saturated rings. The van der Waals surface area contributed by atoms with E-state index < -0.39 is 5.82 Å². The number of rotatable bonds is 4. The molecule has 1 rings (SSSR count). The summed E-state index contributed by atoms with van der Waals surface area (Å²) in [6, 6.07) is 6.13. The molecule has 0 unspecified atom stereocenters. The van der Waals surface area contributed by atoms with Gasteiger partial charge in [0.1, 0.15) is 5.82 Å². The third-order valence-corrected chi connectivity index (χ3v) is 2.03. The molecular formula is C13H14FNO. The van der Waals surface area contributed by atoms with Crippen LogP contribution in [0.2, 0.25) is 0 Å². The first-order valence-electron chi connectivity index (χ1n) is 5.18. The number of carbonyl (C=O) groups excluding carboxylic acids is 1. The first-order valence-corrected chi connectivity index (χ1v) is 5.18. The van der Waals surface area contributed by atoms with Gasteiger partial charge in [0.05, 0.1) is 5.69 Å². The number of unbranched alkanes of at least 4 members (excludes halogenated alkanes) is 1. The van der Waals surface area contributed by atoms with Crippen molar-refractivity contribution in [2.75, 3.05) is 5.32 Å². The van der Waals surface area contributed by atoms with Gasteiger partial charge < -0.3 is 5.32 Å². The third kappa shape index (κ3) is 4.14. The van der Waals surface area contributed by atoms with E-state index in [0.717, 1.165) is 0 Å². The lowest BCUT2D eigenvalue weighted by atomic mass is 10.2. The predicted octanol–water partition coefficient (Wildman–Crippen LogP) is 2.96. The Morgan fingerprint density at radius 3 is 2.88 bits per heavy atom. The van der Waals surface area contributed by atoms with Crippen molar-refractivity contribution in [1.82, 2.24) is 0 Å². The molecule has 3 heteroatoms. The first-order chi connectivity index (χ1) is 7.74. The van der Waals surface area contributed by atoms with Gasteiger partial charge in [0.25, 0.3) is 0 Å². The Kier molecular flexibility index (Phi) is 5.07. The van der Waals surface area contributed by atoms with Crippen LogP contribution in [0.1, 0.15) is 26.2 Å². The Morgan fingerprint density at radius 2 is 2.19 bits per heavy atom. The van der Waals surface area contributed by atoms with E-state index in [9.17, 15) is 9.18 Å². The molecule has 16 heavy (non-hydrogen) atoms. The highest BCUT2D eigenvalue weighted by Crippen LogP contribution is 2.12. The Morgan fingerprint density at radius 1 is 1.44 bits per heavy atom. The van der Waals surface area contributed by atoms with Crippen molar-refractivity contribution in [2.45, 2.75) is 26.2 Å². The second-order valence-corrected chi connectivity index (χ2v) is 3.31. The van der Waals surface area contributed by atoms with Crippen LogP contribution in [0.15, 0.2) is 24.3 Å². The van der Waals surface area contributed by atoms with Crippen LogP contribution in [0.4, 0.5) is 10.1 Å². The van der Waals surface area contributed by atoms with Crippen molar-refractivity contribution in [3.05, 3.63) is 30.1 Å². The number of benzene rings is 1. The van der Waals surface area contributed by atoms with Crippen LogP contribution in [0, 0.1) is 17.7 Å². The molecule has 1 aromatic carbocycles. The lowest BCUT2D eigenvalue weighted by molar-refractivity contribution is -0.116. The maximum absolute atomic E-state index is 13.2. The van der Waals surface area contributed by atoms with Gasteiger partial charge in [-0.2, -0.15) is 0 Å². The van der Waals surface area contributed by atoms with Crippen molar-refractivity contribution in [1.29, 1.82) is 0 Å². The largest absolute Gasteiger partial charge is 0.324 e. The number of carbonyl (C=O) groups is 1. The van der Waals surface area contributed by atoms with Crippen LogP contribution in [-0.4, -0.2) is 5.91 Å². The molecule has 0 radical (unpaired) electrons. The zero-order valence-electron chi connectivity index (χ0n) is 9.22. The van der Waals surface area contributed by atoms with E-state index in [1.165, 1.54) is 6.07 Å². The average Bonchev–Trinajstić information content (AvgIpc) is 2.28. The van der Waals surface area contributed by atoms with Gasteiger partial charge in [-0.3, -0.25) is 4.79 Å². The smallest absolute Gasteiger partial charge is 0.224 e. The summed E-state index contributed by atoms with van der Waals surface area (Å²) >= 11 is 0. The summed E-state index contributed by atoms with van der Waals surface area (Å²) in [7, 11) is 0. The summed E-state index contributed by atoms with van der Waals surface area (Å²) in [5.41, 5.74) is 0.231. The summed E-state index contributed by atoms with van der Waals surface area (Å²) in [6.07, 6.45) is 1.76. The molecule has 1 aromatic rings. The Hall–Kier alpha value is -1.82. The van der Waals surface area contributed by atoms with Crippen LogP contribution in [0.5, 0.6) is 0 Å². The second-order valence-electron chi connectivity index (χ2n) is 3.31. The highest BCUT2D eigenvalue weighted by atomic mass is 19.1. The molecule has 0 heterocycles. The van der Waals surface area contributed by atoms with E-state index in [4.69, 9.17) is 0 Å². The van der Waals surface area contributed by atoms with Crippen molar-refractivity contribution < 1.29 is 9.18 Å². The van der Waals surface area contributed by atoms with E-state index >= 15 is 0 Å². The summed E-state index contributed by atoms with van der Waals surface area (Å²) in [5, 5.41) is 2.52.